The van der Waals surface area contributed by atoms with Crippen LogP contribution in [0.15, 0.2) is 30.3 Å². The molecule has 0 bridgehead atoms. The van der Waals surface area contributed by atoms with E-state index in [9.17, 15) is 13.2 Å². The maximum Gasteiger partial charge on any atom is 0.207 e. The first-order valence-corrected chi connectivity index (χ1v) is 7.08. The average molecular weight is 261 g/mol. The number of benzene rings is 1. The summed E-state index contributed by atoms with van der Waals surface area (Å²) >= 11 is 5.95. The van der Waals surface area contributed by atoms with Crippen molar-refractivity contribution in [3.8, 4) is 0 Å². The van der Waals surface area contributed by atoms with Gasteiger partial charge in [-0.15, -0.1) is 0 Å². The molecule has 1 aromatic carbocycles. The molecule has 0 aliphatic heterocycles. The Morgan fingerprint density at radius 2 is 1.81 bits per heavy atom. The minimum atomic E-state index is -3.65. The summed E-state index contributed by atoms with van der Waals surface area (Å²) in [4.78, 5) is 12.0. The molecule has 5 heteroatoms. The smallest absolute Gasteiger partial charge is 0.207 e. The molecule has 0 amide bonds. The summed E-state index contributed by atoms with van der Waals surface area (Å²) in [6.45, 7) is 1.58. The van der Waals surface area contributed by atoms with Gasteiger partial charge in [0.25, 0.3) is 0 Å². The van der Waals surface area contributed by atoms with Gasteiger partial charge in [-0.1, -0.05) is 48.9 Å². The first-order chi connectivity index (χ1) is 7.33. The molecule has 0 heterocycles. The second-order valence-corrected chi connectivity index (χ2v) is 6.66. The first kappa shape index (κ1) is 13.2. The molecule has 0 aromatic heterocycles. The van der Waals surface area contributed by atoms with E-state index < -0.39 is 19.8 Å². The number of halogens is 1. The quantitative estimate of drug-likeness (QED) is 0.616. The van der Waals surface area contributed by atoms with Crippen molar-refractivity contribution in [1.29, 1.82) is 0 Å². The molecule has 16 heavy (non-hydrogen) atoms. The number of hydrogen-bond donors (Lipinski definition) is 0. The Morgan fingerprint density at radius 1 is 1.31 bits per heavy atom. The summed E-state index contributed by atoms with van der Waals surface area (Å²) in [5.41, 5.74) is 0.310. The maximum absolute atomic E-state index is 12.0. The number of rotatable bonds is 4. The third kappa shape index (κ3) is 2.28. The highest BCUT2D eigenvalue weighted by atomic mass is 35.5. The van der Waals surface area contributed by atoms with Crippen LogP contribution in [0.2, 0.25) is 0 Å². The van der Waals surface area contributed by atoms with Crippen LogP contribution in [-0.2, 0) is 9.84 Å². The van der Waals surface area contributed by atoms with Crippen molar-refractivity contribution in [3.63, 3.8) is 0 Å². The fraction of sp³-hybridized carbons (Fsp3) is 0.364. The highest BCUT2D eigenvalue weighted by Gasteiger charge is 2.44. The van der Waals surface area contributed by atoms with Gasteiger partial charge in [0.15, 0.2) is 15.6 Å². The summed E-state index contributed by atoms with van der Waals surface area (Å²) < 4.78 is 21.2. The van der Waals surface area contributed by atoms with Gasteiger partial charge in [-0.05, 0) is 6.42 Å². The zero-order chi connectivity index (χ0) is 12.4. The Labute approximate surface area is 100 Å². The summed E-state index contributed by atoms with van der Waals surface area (Å²) in [5.74, 6) is -0.570. The normalized spacial score (nSPS) is 15.4. The minimum Gasteiger partial charge on any atom is -0.291 e. The van der Waals surface area contributed by atoms with Gasteiger partial charge in [-0.3, -0.25) is 4.79 Å². The van der Waals surface area contributed by atoms with Gasteiger partial charge >= 0.3 is 0 Å². The van der Waals surface area contributed by atoms with Gasteiger partial charge in [0, 0.05) is 11.8 Å². The fourth-order valence-electron chi connectivity index (χ4n) is 1.40. The standard InChI is InChI=1S/C11H13ClO3S/c1-3-11(12,16(2,14)15)10(13)9-7-5-4-6-8-9/h4-8H,3H2,1-2H3. The number of ketones is 1. The van der Waals surface area contributed by atoms with Crippen LogP contribution in [0.1, 0.15) is 23.7 Å². The number of sulfone groups is 1. The van der Waals surface area contributed by atoms with Crippen LogP contribution in [-0.4, -0.2) is 24.7 Å². The third-order valence-corrected chi connectivity index (χ3v) is 5.35. The summed E-state index contributed by atoms with van der Waals surface area (Å²) in [6.07, 6.45) is 1.02. The van der Waals surface area contributed by atoms with E-state index in [1.165, 1.54) is 0 Å². The van der Waals surface area contributed by atoms with Crippen molar-refractivity contribution in [2.75, 3.05) is 6.26 Å². The maximum atomic E-state index is 12.0. The molecule has 0 saturated heterocycles. The van der Waals surface area contributed by atoms with E-state index in [4.69, 9.17) is 11.6 Å². The SMILES string of the molecule is CCC(Cl)(C(=O)c1ccccc1)S(C)(=O)=O. The van der Waals surface area contributed by atoms with Crippen molar-refractivity contribution in [3.05, 3.63) is 35.9 Å². The molecule has 0 saturated carbocycles. The van der Waals surface area contributed by atoms with Crippen molar-refractivity contribution < 1.29 is 13.2 Å². The Balaban J connectivity index is 3.24. The van der Waals surface area contributed by atoms with Crippen molar-refractivity contribution in [2.24, 2.45) is 0 Å². The third-order valence-electron chi connectivity index (χ3n) is 2.42. The van der Waals surface area contributed by atoms with Gasteiger partial charge in [-0.2, -0.15) is 0 Å². The van der Waals surface area contributed by atoms with Crippen LogP contribution in [0.4, 0.5) is 0 Å². The molecule has 0 aliphatic carbocycles. The van der Waals surface area contributed by atoms with E-state index >= 15 is 0 Å². The van der Waals surface area contributed by atoms with E-state index in [-0.39, 0.29) is 6.42 Å². The summed E-state index contributed by atoms with van der Waals surface area (Å²) in [6, 6.07) is 8.20. The molecule has 1 rings (SSSR count). The van der Waals surface area contributed by atoms with Gasteiger partial charge < -0.3 is 0 Å². The largest absolute Gasteiger partial charge is 0.291 e. The van der Waals surface area contributed by atoms with E-state index in [0.717, 1.165) is 6.26 Å². The molecule has 0 spiro atoms. The van der Waals surface area contributed by atoms with Gasteiger partial charge in [0.1, 0.15) is 0 Å². The molecule has 1 unspecified atom stereocenters. The summed E-state index contributed by atoms with van der Waals surface area (Å²) in [5, 5.41) is 0. The predicted octanol–water partition coefficient (Wildman–Crippen LogP) is 2.26. The lowest BCUT2D eigenvalue weighted by Gasteiger charge is -2.21. The summed E-state index contributed by atoms with van der Waals surface area (Å²) in [7, 11) is -3.65. The molecule has 0 radical (unpaired) electrons. The van der Waals surface area contributed by atoms with Gasteiger partial charge in [-0.25, -0.2) is 8.42 Å². The lowest BCUT2D eigenvalue weighted by Crippen LogP contribution is -2.40. The van der Waals surface area contributed by atoms with Gasteiger partial charge in [0.2, 0.25) is 4.21 Å². The number of carbonyl (C=O) groups excluding carboxylic acids is 1. The van der Waals surface area contributed by atoms with Crippen LogP contribution >= 0.6 is 11.6 Å². The highest BCUT2D eigenvalue weighted by Crippen LogP contribution is 2.30. The van der Waals surface area contributed by atoms with Crippen LogP contribution in [0.25, 0.3) is 0 Å². The zero-order valence-corrected chi connectivity index (χ0v) is 10.7. The minimum absolute atomic E-state index is 0.0428. The van der Waals surface area contributed by atoms with Crippen LogP contribution in [0, 0.1) is 0 Å². The lowest BCUT2D eigenvalue weighted by molar-refractivity contribution is 0.0970. The number of alkyl halides is 1. The van der Waals surface area contributed by atoms with E-state index in [0.29, 0.717) is 5.56 Å². The molecule has 1 atom stereocenters. The Kier molecular flexibility index (Phi) is 3.76. The van der Waals surface area contributed by atoms with E-state index in [1.807, 2.05) is 0 Å². The molecular formula is C11H13ClO3S. The van der Waals surface area contributed by atoms with Gasteiger partial charge in [0.05, 0.1) is 0 Å². The molecular weight excluding hydrogens is 248 g/mol. The average Bonchev–Trinajstić information content (AvgIpc) is 2.26. The molecule has 1 aromatic rings. The second-order valence-electron chi connectivity index (χ2n) is 3.55. The second kappa shape index (κ2) is 4.55. The highest BCUT2D eigenvalue weighted by molar-refractivity contribution is 7.94. The number of Topliss-reactive ketones (excluding diaryl/α,β-unsaturated/α-hetero) is 1. The van der Waals surface area contributed by atoms with E-state index in [1.54, 1.807) is 37.3 Å². The molecule has 88 valence electrons. The first-order valence-electron chi connectivity index (χ1n) is 4.81. The molecule has 0 fully saturated rings. The fourth-order valence-corrected chi connectivity index (χ4v) is 2.48. The Bertz CT molecular complexity index is 481. The Morgan fingerprint density at radius 3 is 2.19 bits per heavy atom. The van der Waals surface area contributed by atoms with E-state index in [2.05, 4.69) is 0 Å². The lowest BCUT2D eigenvalue weighted by atomic mass is 10.1. The number of carbonyl (C=O) groups is 1. The van der Waals surface area contributed by atoms with Crippen LogP contribution in [0.3, 0.4) is 0 Å². The molecule has 0 aliphatic rings. The Hall–Kier alpha value is -0.870. The molecule has 3 nitrogen and oxygen atoms in total. The topological polar surface area (TPSA) is 51.2 Å². The predicted molar refractivity (Wildman–Crippen MR) is 64.5 cm³/mol. The number of hydrogen-bond acceptors (Lipinski definition) is 3. The van der Waals surface area contributed by atoms with Crippen LogP contribution < -0.4 is 0 Å². The van der Waals surface area contributed by atoms with Crippen molar-refractivity contribution in [1.82, 2.24) is 0 Å². The van der Waals surface area contributed by atoms with Crippen molar-refractivity contribution in [2.45, 2.75) is 17.6 Å². The zero-order valence-electron chi connectivity index (χ0n) is 9.10. The molecule has 0 N–H and O–H groups in total. The van der Waals surface area contributed by atoms with Crippen molar-refractivity contribution >= 4 is 27.2 Å². The monoisotopic (exact) mass is 260 g/mol. The van der Waals surface area contributed by atoms with Crippen LogP contribution in [0.5, 0.6) is 0 Å².